The predicted octanol–water partition coefficient (Wildman–Crippen LogP) is -1.65. The van der Waals surface area contributed by atoms with Gasteiger partial charge in [0, 0.05) is 150 Å². The molecule has 0 aromatic heterocycles. The van der Waals surface area contributed by atoms with E-state index in [1.54, 1.807) is 31.3 Å². The number of nitrogens with zero attached hydrogens (tertiary/aromatic N) is 2. The fraction of sp³-hybridized carbons (Fsp3) is 0.519. The van der Waals surface area contributed by atoms with E-state index in [2.05, 4.69) is 21.3 Å². The number of anilines is 2. The molecule has 10 atom stereocenters. The summed E-state index contributed by atoms with van der Waals surface area (Å²) in [5, 5.41) is 46.4. The SMILES string of the molecule is CC(=O)CCC(=O)Nc1ccc(CC(C=O)C=O)cc1.CN(C(=O)CCC(=O)NC(C=O)C=O)C1C(N)CC1C(=O)O.CN(C(=O)CCC(=O)Nc1ccc(CC(O)P(=O)(O)O)cc1)C1C(N)CC1C(=O)O.CNC1C(N)CC1C(=O)O.O=PO.[V].[V].[V]. The molecule has 0 heterocycles. The van der Waals surface area contributed by atoms with Crippen molar-refractivity contribution < 1.29 is 162 Å². The molecule has 0 aliphatic heterocycles. The standard InChI is InChI=1S/C18H26N3O8P.C15H17NO4.C13H19N3O6.C6H12N2O2.HO2P.3V/c1-21(17-12(18(25)26)9-13(17)19)15(23)7-6-14(22)20-11-4-2-10(3-5-11)8-16(24)30(27,28)29;1-11(19)2-7-15(20)16-14-5-3-12(4-6-14)8-13(9-17)10-18;1-16(12-8(13(21)22)4-9(12)14)11(20)3-2-10(19)15-7(5-17)6-18;1-8-5-3(6(9)10)2-4(5)7;1-3-2;;;/h2-5,12-13,16-17,24H,6-9,19H2,1H3,(H,20,22)(H,25,26)(H2,27,28,29);3-6,9-10,13H,2,7-8H2,1H3,(H,16,20);5-9,12H,2-4,14H2,1H3,(H,15,19)(H,21,22);3-5,8H,2,7H2,1H3,(H,9,10);(H,1,2);;;. The van der Waals surface area contributed by atoms with E-state index in [0.29, 0.717) is 55.2 Å². The molecule has 3 radical (unpaired) electrons. The van der Waals surface area contributed by atoms with E-state index in [1.807, 2.05) is 0 Å². The Hall–Kier alpha value is -5.69. The summed E-state index contributed by atoms with van der Waals surface area (Å²) in [5.41, 5.74) is 19.4. The molecular formula is C52H75N9O22P2V3. The van der Waals surface area contributed by atoms with Gasteiger partial charge in [0.05, 0.1) is 35.8 Å². The molecule has 0 saturated heterocycles. The van der Waals surface area contributed by atoms with Crippen molar-refractivity contribution in [3.8, 4) is 0 Å². The van der Waals surface area contributed by atoms with E-state index in [-0.39, 0.29) is 149 Å². The van der Waals surface area contributed by atoms with Gasteiger partial charge in [0.25, 0.3) is 0 Å². The average Bonchev–Trinajstić information content (AvgIpc) is 1.15. The molecule has 88 heavy (non-hydrogen) atoms. The van der Waals surface area contributed by atoms with Crippen LogP contribution in [-0.4, -0.2) is 193 Å². The van der Waals surface area contributed by atoms with Crippen LogP contribution in [0.25, 0.3) is 0 Å². The number of carbonyl (C=O) groups is 13. The van der Waals surface area contributed by atoms with E-state index in [9.17, 15) is 72.0 Å². The maximum atomic E-state index is 12.3. The molecule has 0 bridgehead atoms. The Balaban J connectivity index is -0.00000112. The molecule has 3 aliphatic rings. The monoisotopic (exact) mass is 1390 g/mol. The van der Waals surface area contributed by atoms with Crippen LogP contribution in [-0.2, 0) is 140 Å². The molecule has 5 amide bonds. The smallest absolute Gasteiger partial charge is 0.354 e. The van der Waals surface area contributed by atoms with Crippen LogP contribution in [0.15, 0.2) is 48.5 Å². The van der Waals surface area contributed by atoms with Crippen LogP contribution in [0, 0.1) is 23.7 Å². The number of nitrogens with two attached hydrogens (primary N) is 3. The topological polar surface area (TPSA) is 530 Å². The van der Waals surface area contributed by atoms with Crippen LogP contribution in [0.2, 0.25) is 0 Å². The van der Waals surface area contributed by atoms with Gasteiger partial charge in [0.1, 0.15) is 37.0 Å². The molecule has 17 N–H and O–H groups in total. The van der Waals surface area contributed by atoms with Gasteiger partial charge in [-0.3, -0.25) is 42.9 Å². The molecule has 36 heteroatoms. The van der Waals surface area contributed by atoms with E-state index in [4.69, 9.17) is 51.8 Å². The molecule has 0 spiro atoms. The summed E-state index contributed by atoms with van der Waals surface area (Å²) < 4.78 is 19.4. The molecule has 2 aromatic carbocycles. The molecule has 3 saturated carbocycles. The number of aliphatic carboxylic acids is 3. The Kier molecular flexibility index (Phi) is 43.2. The number of aldehydes is 4. The van der Waals surface area contributed by atoms with Crippen molar-refractivity contribution in [1.29, 1.82) is 0 Å². The largest absolute Gasteiger partial charge is 0.481 e. The molecule has 485 valence electrons. The first kappa shape index (κ1) is 86.5. The van der Waals surface area contributed by atoms with Crippen molar-refractivity contribution in [2.75, 3.05) is 31.8 Å². The quantitative estimate of drug-likeness (QED) is 0.0271. The minimum Gasteiger partial charge on any atom is -0.481 e. The van der Waals surface area contributed by atoms with Crippen LogP contribution in [0.4, 0.5) is 11.4 Å². The number of likely N-dealkylation sites (N-methyl/N-ethyl adjacent to an activating group) is 3. The Morgan fingerprint density at radius 1 is 0.602 bits per heavy atom. The normalized spacial score (nSPS) is 20.3. The Labute approximate surface area is 543 Å². The third-order valence-corrected chi connectivity index (χ3v) is 14.7. The zero-order valence-corrected chi connectivity index (χ0v) is 54.2. The number of carboxylic acids is 3. The van der Waals surface area contributed by atoms with Crippen molar-refractivity contribution in [2.24, 2.45) is 40.9 Å². The van der Waals surface area contributed by atoms with E-state index >= 15 is 0 Å². The first-order valence-electron chi connectivity index (χ1n) is 26.1. The minimum atomic E-state index is -4.59. The van der Waals surface area contributed by atoms with Gasteiger partial charge in [-0.1, -0.05) is 24.3 Å². The summed E-state index contributed by atoms with van der Waals surface area (Å²) in [6.45, 7) is 1.44. The van der Waals surface area contributed by atoms with Crippen molar-refractivity contribution in [1.82, 2.24) is 20.4 Å². The maximum absolute atomic E-state index is 12.3. The number of hydrogen-bond donors (Lipinski definition) is 14. The summed E-state index contributed by atoms with van der Waals surface area (Å²) >= 11 is 0. The van der Waals surface area contributed by atoms with E-state index in [1.165, 1.54) is 55.1 Å². The minimum absolute atomic E-state index is 0. The van der Waals surface area contributed by atoms with Gasteiger partial charge in [-0.15, -0.1) is 0 Å². The van der Waals surface area contributed by atoms with E-state index < -0.39 is 106 Å². The predicted molar refractivity (Wildman–Crippen MR) is 301 cm³/mol. The van der Waals surface area contributed by atoms with Crippen LogP contribution < -0.4 is 38.5 Å². The van der Waals surface area contributed by atoms with Gasteiger partial charge in [-0.05, 0) is 75.0 Å². The Morgan fingerprint density at radius 3 is 1.25 bits per heavy atom. The fourth-order valence-corrected chi connectivity index (χ4v) is 9.16. The molecule has 10 unspecified atom stereocenters. The van der Waals surface area contributed by atoms with Crippen molar-refractivity contribution in [3.05, 3.63) is 59.7 Å². The Morgan fingerprint density at radius 2 is 0.955 bits per heavy atom. The zero-order valence-electron chi connectivity index (χ0n) is 48.3. The molecule has 31 nitrogen and oxygen atoms in total. The number of hydrogen-bond acceptors (Lipinski definition) is 20. The number of amides is 5. The summed E-state index contributed by atoms with van der Waals surface area (Å²) in [5.74, 6) is -8.95. The van der Waals surface area contributed by atoms with Gasteiger partial charge >= 0.3 is 34.2 Å². The fourth-order valence-electron chi connectivity index (χ4n) is 8.72. The summed E-state index contributed by atoms with van der Waals surface area (Å²) in [6.07, 6.45) is 2.92. The van der Waals surface area contributed by atoms with Gasteiger partial charge in [-0.2, -0.15) is 0 Å². The molecule has 5 rings (SSSR count). The zero-order chi connectivity index (χ0) is 64.9. The van der Waals surface area contributed by atoms with Crippen molar-refractivity contribution in [2.45, 2.75) is 126 Å². The number of ketones is 1. The van der Waals surface area contributed by atoms with Gasteiger partial charge < -0.3 is 107 Å². The van der Waals surface area contributed by atoms with Crippen LogP contribution >= 0.6 is 16.3 Å². The number of carboxylic acid groups (broad SMARTS) is 3. The number of carbonyl (C=O) groups excluding carboxylic acids is 10. The van der Waals surface area contributed by atoms with E-state index in [0.717, 1.165) is 5.56 Å². The van der Waals surface area contributed by atoms with Gasteiger partial charge in [0.2, 0.25) is 29.5 Å². The third kappa shape index (κ3) is 30.2. The second-order valence-corrected chi connectivity index (χ2v) is 21.8. The molecular weight excluding hydrogens is 1320 g/mol. The van der Waals surface area contributed by atoms with Gasteiger partial charge in [-0.25, -0.2) is 4.57 Å². The summed E-state index contributed by atoms with van der Waals surface area (Å²) in [4.78, 5) is 172. The number of Topliss-reactive ketones (excluding diaryl/α,β-unsaturated/α-hetero) is 1. The van der Waals surface area contributed by atoms with Gasteiger partial charge in [0.15, 0.2) is 5.85 Å². The molecule has 2 aromatic rings. The van der Waals surface area contributed by atoms with Crippen LogP contribution in [0.5, 0.6) is 0 Å². The summed E-state index contributed by atoms with van der Waals surface area (Å²) in [6, 6.07) is 9.73. The second kappa shape index (κ2) is 43.9. The number of rotatable bonds is 27. The average molecular weight is 1390 g/mol. The van der Waals surface area contributed by atoms with Crippen molar-refractivity contribution >= 4 is 106 Å². The second-order valence-electron chi connectivity index (χ2n) is 19.9. The van der Waals surface area contributed by atoms with Crippen molar-refractivity contribution in [3.63, 3.8) is 0 Å². The number of benzene rings is 2. The maximum Gasteiger partial charge on any atom is 0.354 e. The summed E-state index contributed by atoms with van der Waals surface area (Å²) in [7, 11) is -0.770. The Bertz CT molecular complexity index is 2690. The van der Waals surface area contributed by atoms with Crippen LogP contribution in [0.3, 0.4) is 0 Å². The number of nitrogens with one attached hydrogen (secondary N) is 4. The van der Waals surface area contributed by atoms with Crippen LogP contribution in [0.1, 0.15) is 75.8 Å². The molecule has 3 fully saturated rings. The molecule has 3 aliphatic carbocycles. The third-order valence-electron chi connectivity index (χ3n) is 13.7. The first-order valence-corrected chi connectivity index (χ1v) is 28.5. The first-order chi connectivity index (χ1) is 39.8. The number of aliphatic hydroxyl groups is 1. The number of aliphatic hydroxyl groups excluding tert-OH is 1.